The quantitative estimate of drug-likeness (QED) is 0.740. The van der Waals surface area contributed by atoms with Crippen molar-refractivity contribution < 1.29 is 4.74 Å². The van der Waals surface area contributed by atoms with Crippen LogP contribution >= 0.6 is 23.8 Å². The van der Waals surface area contributed by atoms with Crippen LogP contribution in [0.1, 0.15) is 0 Å². The van der Waals surface area contributed by atoms with E-state index in [2.05, 4.69) is 30.7 Å². The molecule has 9 heteroatoms. The summed E-state index contributed by atoms with van der Waals surface area (Å²) >= 11 is 11.1. The molecule has 0 radical (unpaired) electrons. The SMILES string of the molecule is S=C(Nc1ccc(Cl)cc1)Nc1nc(N2CCOCC2)n[nH]1. The number of aromatic nitrogens is 3. The standard InChI is InChI=1S/C13H15ClN6OS/c14-9-1-3-10(4-2-9)15-13(22)17-11-16-12(19-18-11)20-5-7-21-8-6-20/h1-4H,5-8H2,(H3,15,16,17,18,19,22). The van der Waals surface area contributed by atoms with Gasteiger partial charge in [-0.25, -0.2) is 5.10 Å². The van der Waals surface area contributed by atoms with E-state index in [4.69, 9.17) is 28.6 Å². The average molecular weight is 339 g/mol. The van der Waals surface area contributed by atoms with Crippen molar-refractivity contribution in [2.75, 3.05) is 41.8 Å². The van der Waals surface area contributed by atoms with Crippen LogP contribution in [0.15, 0.2) is 24.3 Å². The molecule has 7 nitrogen and oxygen atoms in total. The van der Waals surface area contributed by atoms with Crippen molar-refractivity contribution in [3.8, 4) is 0 Å². The van der Waals surface area contributed by atoms with Gasteiger partial charge in [-0.2, -0.15) is 4.98 Å². The van der Waals surface area contributed by atoms with E-state index >= 15 is 0 Å². The summed E-state index contributed by atoms with van der Waals surface area (Å²) in [7, 11) is 0. The fourth-order valence-corrected chi connectivity index (χ4v) is 2.36. The molecule has 1 aromatic heterocycles. The van der Waals surface area contributed by atoms with E-state index in [1.165, 1.54) is 0 Å². The maximum atomic E-state index is 5.84. The minimum atomic E-state index is 0.423. The van der Waals surface area contributed by atoms with E-state index in [-0.39, 0.29) is 0 Å². The molecule has 2 heterocycles. The second-order valence-corrected chi connectivity index (χ2v) is 5.51. The summed E-state index contributed by atoms with van der Waals surface area (Å²) < 4.78 is 5.30. The van der Waals surface area contributed by atoms with Gasteiger partial charge in [-0.3, -0.25) is 0 Å². The Kier molecular flexibility index (Phi) is 4.71. The summed E-state index contributed by atoms with van der Waals surface area (Å²) in [6.07, 6.45) is 0. The van der Waals surface area contributed by atoms with E-state index < -0.39 is 0 Å². The lowest BCUT2D eigenvalue weighted by atomic mass is 10.3. The van der Waals surface area contributed by atoms with Crippen molar-refractivity contribution in [1.82, 2.24) is 15.2 Å². The highest BCUT2D eigenvalue weighted by molar-refractivity contribution is 7.80. The topological polar surface area (TPSA) is 78.1 Å². The number of thiocarbonyl (C=S) groups is 1. The number of hydrogen-bond donors (Lipinski definition) is 3. The van der Waals surface area contributed by atoms with Gasteiger partial charge < -0.3 is 20.3 Å². The molecule has 1 aliphatic rings. The third kappa shape index (κ3) is 3.85. The van der Waals surface area contributed by atoms with Crippen LogP contribution in [0.5, 0.6) is 0 Å². The molecule has 0 unspecified atom stereocenters. The monoisotopic (exact) mass is 338 g/mol. The lowest BCUT2D eigenvalue weighted by molar-refractivity contribution is 0.122. The maximum absolute atomic E-state index is 5.84. The summed E-state index contributed by atoms with van der Waals surface area (Å²) in [6, 6.07) is 7.26. The van der Waals surface area contributed by atoms with Crippen LogP contribution in [0, 0.1) is 0 Å². The van der Waals surface area contributed by atoms with Crippen molar-refractivity contribution in [3.63, 3.8) is 0 Å². The van der Waals surface area contributed by atoms with Gasteiger partial charge in [-0.05, 0) is 36.5 Å². The number of benzene rings is 1. The first kappa shape index (κ1) is 15.0. The predicted octanol–water partition coefficient (Wildman–Crippen LogP) is 2.10. The molecule has 0 aliphatic carbocycles. The number of rotatable bonds is 3. The number of anilines is 3. The molecule has 0 atom stereocenters. The van der Waals surface area contributed by atoms with Crippen LogP contribution in [0.4, 0.5) is 17.6 Å². The van der Waals surface area contributed by atoms with Crippen LogP contribution < -0.4 is 15.5 Å². The second-order valence-electron chi connectivity index (χ2n) is 4.67. The minimum Gasteiger partial charge on any atom is -0.378 e. The highest BCUT2D eigenvalue weighted by Gasteiger charge is 2.15. The fraction of sp³-hybridized carbons (Fsp3) is 0.308. The highest BCUT2D eigenvalue weighted by Crippen LogP contribution is 2.14. The Morgan fingerprint density at radius 3 is 2.68 bits per heavy atom. The number of aromatic amines is 1. The predicted molar refractivity (Wildman–Crippen MR) is 90.7 cm³/mol. The first-order valence-electron chi connectivity index (χ1n) is 6.79. The number of halogens is 1. The Morgan fingerprint density at radius 1 is 1.23 bits per heavy atom. The lowest BCUT2D eigenvalue weighted by Crippen LogP contribution is -2.36. The Labute approximate surface area is 138 Å². The molecule has 1 aromatic carbocycles. The molecule has 0 saturated carbocycles. The van der Waals surface area contributed by atoms with Crippen LogP contribution in [0.3, 0.4) is 0 Å². The minimum absolute atomic E-state index is 0.423. The van der Waals surface area contributed by atoms with Crippen LogP contribution in [-0.4, -0.2) is 46.6 Å². The lowest BCUT2D eigenvalue weighted by Gasteiger charge is -2.25. The van der Waals surface area contributed by atoms with Gasteiger partial charge in [0, 0.05) is 23.8 Å². The summed E-state index contributed by atoms with van der Waals surface area (Å²) in [5.74, 6) is 1.13. The molecule has 1 fully saturated rings. The molecule has 0 amide bonds. The van der Waals surface area contributed by atoms with Crippen LogP contribution in [0.2, 0.25) is 5.02 Å². The molecule has 0 spiro atoms. The molecule has 1 aliphatic heterocycles. The fourth-order valence-electron chi connectivity index (χ4n) is 2.02. The first-order chi connectivity index (χ1) is 10.7. The van der Waals surface area contributed by atoms with Gasteiger partial charge in [0.1, 0.15) is 0 Å². The summed E-state index contributed by atoms with van der Waals surface area (Å²) in [5, 5.41) is 14.1. The smallest absolute Gasteiger partial charge is 0.246 e. The van der Waals surface area contributed by atoms with Gasteiger partial charge in [-0.15, -0.1) is 5.10 Å². The zero-order valence-corrected chi connectivity index (χ0v) is 13.2. The number of nitrogens with one attached hydrogen (secondary N) is 3. The molecule has 2 aromatic rings. The number of hydrogen-bond acceptors (Lipinski definition) is 5. The average Bonchev–Trinajstić information content (AvgIpc) is 2.99. The number of morpholine rings is 1. The van der Waals surface area contributed by atoms with Gasteiger partial charge >= 0.3 is 0 Å². The molecule has 3 N–H and O–H groups in total. The van der Waals surface area contributed by atoms with Gasteiger partial charge in [0.2, 0.25) is 11.9 Å². The Morgan fingerprint density at radius 2 is 1.95 bits per heavy atom. The van der Waals surface area contributed by atoms with Gasteiger partial charge in [0.15, 0.2) is 5.11 Å². The molecular weight excluding hydrogens is 324 g/mol. The number of nitrogens with zero attached hydrogens (tertiary/aromatic N) is 3. The number of H-pyrrole nitrogens is 1. The molecular formula is C13H15ClN6OS. The van der Waals surface area contributed by atoms with Crippen molar-refractivity contribution in [2.24, 2.45) is 0 Å². The van der Waals surface area contributed by atoms with Crippen LogP contribution in [0.25, 0.3) is 0 Å². The third-order valence-corrected chi connectivity index (χ3v) is 3.56. The van der Waals surface area contributed by atoms with Crippen molar-refractivity contribution in [2.45, 2.75) is 0 Å². The van der Waals surface area contributed by atoms with E-state index in [1.807, 2.05) is 12.1 Å². The van der Waals surface area contributed by atoms with Gasteiger partial charge in [0.25, 0.3) is 0 Å². The van der Waals surface area contributed by atoms with Crippen molar-refractivity contribution >= 4 is 46.5 Å². The van der Waals surface area contributed by atoms with E-state index in [9.17, 15) is 0 Å². The second kappa shape index (κ2) is 6.91. The molecule has 22 heavy (non-hydrogen) atoms. The summed E-state index contributed by atoms with van der Waals surface area (Å²) in [6.45, 7) is 2.94. The Hall–Kier alpha value is -1.90. The third-order valence-electron chi connectivity index (χ3n) is 3.10. The normalized spacial score (nSPS) is 14.7. The van der Waals surface area contributed by atoms with E-state index in [0.717, 1.165) is 18.8 Å². The van der Waals surface area contributed by atoms with Crippen LogP contribution in [-0.2, 0) is 4.74 Å². The van der Waals surface area contributed by atoms with E-state index in [0.29, 0.717) is 35.2 Å². The number of ether oxygens (including phenoxy) is 1. The first-order valence-corrected chi connectivity index (χ1v) is 7.58. The Balaban J connectivity index is 1.57. The van der Waals surface area contributed by atoms with Crippen molar-refractivity contribution in [3.05, 3.63) is 29.3 Å². The molecule has 116 valence electrons. The summed E-state index contributed by atoms with van der Waals surface area (Å²) in [4.78, 5) is 6.43. The molecule has 1 saturated heterocycles. The van der Waals surface area contributed by atoms with E-state index in [1.54, 1.807) is 12.1 Å². The summed E-state index contributed by atoms with van der Waals surface area (Å²) in [5.41, 5.74) is 0.842. The molecule has 0 bridgehead atoms. The van der Waals surface area contributed by atoms with Gasteiger partial charge in [-0.1, -0.05) is 11.6 Å². The zero-order valence-electron chi connectivity index (χ0n) is 11.7. The highest BCUT2D eigenvalue weighted by atomic mass is 35.5. The van der Waals surface area contributed by atoms with Crippen molar-refractivity contribution in [1.29, 1.82) is 0 Å². The van der Waals surface area contributed by atoms with Gasteiger partial charge in [0.05, 0.1) is 13.2 Å². The maximum Gasteiger partial charge on any atom is 0.246 e. The Bertz CT molecular complexity index is 640. The largest absolute Gasteiger partial charge is 0.378 e. The molecule has 3 rings (SSSR count). The zero-order chi connectivity index (χ0) is 15.4.